The zero-order valence-electron chi connectivity index (χ0n) is 18.3. The van der Waals surface area contributed by atoms with Gasteiger partial charge in [-0.2, -0.15) is 0 Å². The Morgan fingerprint density at radius 3 is 2.61 bits per heavy atom. The fourth-order valence-corrected chi connectivity index (χ4v) is 5.28. The first-order chi connectivity index (χ1) is 15.8. The number of carbonyl (C=O) groups excluding carboxylic acids is 1. The second-order valence-corrected chi connectivity index (χ2v) is 10.2. The lowest BCUT2D eigenvalue weighted by molar-refractivity contribution is 0.0933. The van der Waals surface area contributed by atoms with Crippen molar-refractivity contribution >= 4 is 33.2 Å². The summed E-state index contributed by atoms with van der Waals surface area (Å²) < 4.78 is 33.9. The van der Waals surface area contributed by atoms with Gasteiger partial charge in [-0.3, -0.25) is 14.4 Å². The molecule has 0 aliphatic carbocycles. The van der Waals surface area contributed by atoms with Gasteiger partial charge in [-0.15, -0.1) is 0 Å². The van der Waals surface area contributed by atoms with Crippen molar-refractivity contribution in [3.05, 3.63) is 82.8 Å². The number of furan rings is 1. The summed E-state index contributed by atoms with van der Waals surface area (Å²) >= 11 is 6.26. The molecule has 0 radical (unpaired) electrons. The number of sulfonamides is 1. The molecule has 1 aliphatic heterocycles. The van der Waals surface area contributed by atoms with E-state index in [0.29, 0.717) is 12.2 Å². The van der Waals surface area contributed by atoms with Crippen LogP contribution >= 0.6 is 11.6 Å². The molecule has 1 amide bonds. The molecule has 4 rings (SSSR count). The number of hydrogen-bond donors (Lipinski definition) is 2. The summed E-state index contributed by atoms with van der Waals surface area (Å²) in [7, 11) is -3.89. The van der Waals surface area contributed by atoms with Crippen LogP contribution in [0.2, 0.25) is 5.02 Å². The Morgan fingerprint density at radius 2 is 1.91 bits per heavy atom. The lowest BCUT2D eigenvalue weighted by Gasteiger charge is -2.26. The summed E-state index contributed by atoms with van der Waals surface area (Å²) in [6.07, 6.45) is 3.82. The zero-order valence-corrected chi connectivity index (χ0v) is 19.8. The molecular formula is C24H26ClN3O4S. The molecule has 33 heavy (non-hydrogen) atoms. The van der Waals surface area contributed by atoms with E-state index in [9.17, 15) is 13.2 Å². The lowest BCUT2D eigenvalue weighted by atomic mass is 10.1. The van der Waals surface area contributed by atoms with Crippen molar-refractivity contribution in [1.29, 1.82) is 0 Å². The second-order valence-electron chi connectivity index (χ2n) is 8.10. The van der Waals surface area contributed by atoms with Gasteiger partial charge < -0.3 is 9.73 Å². The highest BCUT2D eigenvalue weighted by Gasteiger charge is 2.27. The van der Waals surface area contributed by atoms with Gasteiger partial charge in [0.2, 0.25) is 0 Å². The third-order valence-electron chi connectivity index (χ3n) is 5.67. The highest BCUT2D eigenvalue weighted by molar-refractivity contribution is 7.92. The van der Waals surface area contributed by atoms with Crippen LogP contribution in [0.15, 0.2) is 70.2 Å². The van der Waals surface area contributed by atoms with Crippen LogP contribution in [0.3, 0.4) is 0 Å². The van der Waals surface area contributed by atoms with Gasteiger partial charge in [0.05, 0.1) is 27.8 Å². The maximum Gasteiger partial charge on any atom is 0.261 e. The van der Waals surface area contributed by atoms with Crippen LogP contribution in [0.5, 0.6) is 0 Å². The SMILES string of the molecule is Cc1cccc(NS(=O)(=O)c2ccc(Cl)c(C(=O)NCC(c3ccco3)N3CCCC3)c2)c1. The molecular weight excluding hydrogens is 462 g/mol. The maximum absolute atomic E-state index is 13.0. The van der Waals surface area contributed by atoms with Gasteiger partial charge in [-0.1, -0.05) is 23.7 Å². The molecule has 2 N–H and O–H groups in total. The number of halogens is 1. The number of carbonyl (C=O) groups is 1. The van der Waals surface area contributed by atoms with E-state index in [2.05, 4.69) is 14.9 Å². The molecule has 1 fully saturated rings. The number of rotatable bonds is 8. The van der Waals surface area contributed by atoms with Crippen molar-refractivity contribution in [2.75, 3.05) is 24.4 Å². The molecule has 1 aromatic heterocycles. The number of hydrogen-bond acceptors (Lipinski definition) is 5. The Hall–Kier alpha value is -2.81. The van der Waals surface area contributed by atoms with E-state index in [1.54, 1.807) is 24.5 Å². The first-order valence-corrected chi connectivity index (χ1v) is 12.6. The molecule has 9 heteroatoms. The number of amides is 1. The summed E-state index contributed by atoms with van der Waals surface area (Å²) in [4.78, 5) is 15.2. The topological polar surface area (TPSA) is 91.6 Å². The van der Waals surface area contributed by atoms with E-state index in [1.807, 2.05) is 25.1 Å². The average Bonchev–Trinajstić information content (AvgIpc) is 3.49. The Kier molecular flexibility index (Phi) is 7.07. The zero-order chi connectivity index (χ0) is 23.4. The van der Waals surface area contributed by atoms with Crippen molar-refractivity contribution in [2.24, 2.45) is 0 Å². The molecule has 1 atom stereocenters. The van der Waals surface area contributed by atoms with E-state index in [4.69, 9.17) is 16.0 Å². The van der Waals surface area contributed by atoms with Crippen LogP contribution in [0.1, 0.15) is 40.6 Å². The Labute approximate surface area is 198 Å². The fourth-order valence-electron chi connectivity index (χ4n) is 4.00. The first-order valence-electron chi connectivity index (χ1n) is 10.8. The molecule has 2 heterocycles. The van der Waals surface area contributed by atoms with Gasteiger partial charge in [-0.05, 0) is 80.9 Å². The van der Waals surface area contributed by atoms with Crippen molar-refractivity contribution in [3.8, 4) is 0 Å². The van der Waals surface area contributed by atoms with Gasteiger partial charge in [0.15, 0.2) is 0 Å². The molecule has 0 bridgehead atoms. The van der Waals surface area contributed by atoms with Gasteiger partial charge in [0.1, 0.15) is 5.76 Å². The van der Waals surface area contributed by atoms with E-state index in [0.717, 1.165) is 37.3 Å². The summed E-state index contributed by atoms with van der Waals surface area (Å²) in [5.41, 5.74) is 1.47. The predicted molar refractivity (Wildman–Crippen MR) is 128 cm³/mol. The number of aryl methyl sites for hydroxylation is 1. The van der Waals surface area contributed by atoms with Crippen LogP contribution < -0.4 is 10.0 Å². The highest BCUT2D eigenvalue weighted by atomic mass is 35.5. The second kappa shape index (κ2) is 9.99. The minimum Gasteiger partial charge on any atom is -0.468 e. The molecule has 174 valence electrons. The highest BCUT2D eigenvalue weighted by Crippen LogP contribution is 2.26. The third-order valence-corrected chi connectivity index (χ3v) is 7.38. The minimum absolute atomic E-state index is 0.0410. The monoisotopic (exact) mass is 487 g/mol. The van der Waals surface area contributed by atoms with Gasteiger partial charge in [0.25, 0.3) is 15.9 Å². The van der Waals surface area contributed by atoms with Crippen molar-refractivity contribution in [3.63, 3.8) is 0 Å². The number of nitrogens with one attached hydrogen (secondary N) is 2. The van der Waals surface area contributed by atoms with Crippen molar-refractivity contribution < 1.29 is 17.6 Å². The largest absolute Gasteiger partial charge is 0.468 e. The standard InChI is InChI=1S/C24H26ClN3O4S/c1-17-6-4-7-18(14-17)27-33(30,31)19-9-10-21(25)20(15-19)24(29)26-16-22(23-8-5-13-32-23)28-11-2-3-12-28/h4-10,13-15,22,27H,2-3,11-12,16H2,1H3,(H,26,29). The van der Waals surface area contributed by atoms with Crippen LogP contribution in [0.4, 0.5) is 5.69 Å². The Bertz CT molecular complexity index is 1220. The van der Waals surface area contributed by atoms with Crippen molar-refractivity contribution in [2.45, 2.75) is 30.7 Å². The van der Waals surface area contributed by atoms with Crippen LogP contribution in [0.25, 0.3) is 0 Å². The Morgan fingerprint density at radius 1 is 1.12 bits per heavy atom. The molecule has 7 nitrogen and oxygen atoms in total. The van der Waals surface area contributed by atoms with Crippen LogP contribution in [0, 0.1) is 6.92 Å². The smallest absolute Gasteiger partial charge is 0.261 e. The van der Waals surface area contributed by atoms with E-state index < -0.39 is 15.9 Å². The number of anilines is 1. The summed E-state index contributed by atoms with van der Waals surface area (Å²) in [6.45, 7) is 4.06. The quantitative estimate of drug-likeness (QED) is 0.484. The molecule has 1 unspecified atom stereocenters. The average molecular weight is 488 g/mol. The maximum atomic E-state index is 13.0. The van der Waals surface area contributed by atoms with Crippen LogP contribution in [-0.4, -0.2) is 38.9 Å². The van der Waals surface area contributed by atoms with Gasteiger partial charge in [0, 0.05) is 12.2 Å². The number of nitrogens with zero attached hydrogens (tertiary/aromatic N) is 1. The number of likely N-dealkylation sites (tertiary alicyclic amines) is 1. The van der Waals surface area contributed by atoms with E-state index in [-0.39, 0.29) is 21.5 Å². The summed E-state index contributed by atoms with van der Waals surface area (Å²) in [5.74, 6) is 0.338. The normalized spacial score (nSPS) is 15.3. The first kappa shape index (κ1) is 23.4. The molecule has 1 saturated heterocycles. The van der Waals surface area contributed by atoms with Gasteiger partial charge in [-0.25, -0.2) is 8.42 Å². The van der Waals surface area contributed by atoms with E-state index >= 15 is 0 Å². The molecule has 0 saturated carbocycles. The molecule has 0 spiro atoms. The van der Waals surface area contributed by atoms with Crippen LogP contribution in [-0.2, 0) is 10.0 Å². The summed E-state index contributed by atoms with van der Waals surface area (Å²) in [5, 5.41) is 3.08. The third kappa shape index (κ3) is 5.58. The van der Waals surface area contributed by atoms with Crippen molar-refractivity contribution in [1.82, 2.24) is 10.2 Å². The fraction of sp³-hybridized carbons (Fsp3) is 0.292. The molecule has 3 aromatic rings. The number of benzene rings is 2. The Balaban J connectivity index is 1.51. The summed E-state index contributed by atoms with van der Waals surface area (Å²) in [6, 6.07) is 14.8. The van der Waals surface area contributed by atoms with Gasteiger partial charge >= 0.3 is 0 Å². The van der Waals surface area contributed by atoms with E-state index in [1.165, 1.54) is 18.2 Å². The molecule has 2 aromatic carbocycles. The predicted octanol–water partition coefficient (Wildman–Crippen LogP) is 4.61. The lowest BCUT2D eigenvalue weighted by Crippen LogP contribution is -2.36. The minimum atomic E-state index is -3.89. The molecule has 1 aliphatic rings.